The molecule has 0 unspecified atom stereocenters. The van der Waals surface area contributed by atoms with Gasteiger partial charge in [-0.15, -0.1) is 0 Å². The first kappa shape index (κ1) is 15.1. The lowest BCUT2D eigenvalue weighted by atomic mass is 10.1. The smallest absolute Gasteiger partial charge is 0.258 e. The van der Waals surface area contributed by atoms with Gasteiger partial charge in [-0.2, -0.15) is 0 Å². The molecule has 0 atom stereocenters. The maximum atomic E-state index is 12.7. The minimum absolute atomic E-state index is 0.0492. The van der Waals surface area contributed by atoms with Crippen molar-refractivity contribution in [1.82, 2.24) is 5.32 Å². The van der Waals surface area contributed by atoms with E-state index in [1.54, 1.807) is 17.0 Å². The number of fused-ring (bicyclic) bond motifs is 1. The van der Waals surface area contributed by atoms with Crippen LogP contribution in [-0.2, 0) is 11.3 Å². The first-order valence-electron chi connectivity index (χ1n) is 7.52. The molecule has 0 saturated carbocycles. The molecular formula is C18H18N2O3. The van der Waals surface area contributed by atoms with Crippen molar-refractivity contribution in [2.45, 2.75) is 13.5 Å². The molecule has 0 aliphatic carbocycles. The third-order valence-electron chi connectivity index (χ3n) is 3.72. The van der Waals surface area contributed by atoms with Crippen molar-refractivity contribution >= 4 is 17.5 Å². The molecule has 2 aromatic rings. The monoisotopic (exact) mass is 310 g/mol. The number of carbonyl (C=O) groups excluding carboxylic acids is 2. The van der Waals surface area contributed by atoms with Crippen LogP contribution in [0.4, 0.5) is 5.69 Å². The Morgan fingerprint density at radius 2 is 1.87 bits per heavy atom. The van der Waals surface area contributed by atoms with Crippen LogP contribution in [0.3, 0.4) is 0 Å². The number of hydrogen-bond acceptors (Lipinski definition) is 3. The molecule has 0 bridgehead atoms. The topological polar surface area (TPSA) is 58.6 Å². The first-order chi connectivity index (χ1) is 11.1. The third kappa shape index (κ3) is 3.34. The number of anilines is 1. The molecule has 1 N–H and O–H groups in total. The van der Waals surface area contributed by atoms with Crippen LogP contribution in [0.1, 0.15) is 22.8 Å². The second kappa shape index (κ2) is 6.52. The van der Waals surface area contributed by atoms with Gasteiger partial charge >= 0.3 is 0 Å². The second-order valence-corrected chi connectivity index (χ2v) is 5.38. The average molecular weight is 310 g/mol. The minimum Gasteiger partial charge on any atom is -0.490 e. The maximum absolute atomic E-state index is 12.7. The van der Waals surface area contributed by atoms with Crippen LogP contribution in [-0.4, -0.2) is 25.0 Å². The Labute approximate surface area is 134 Å². The van der Waals surface area contributed by atoms with Gasteiger partial charge in [-0.1, -0.05) is 24.3 Å². The van der Waals surface area contributed by atoms with E-state index < -0.39 is 0 Å². The van der Waals surface area contributed by atoms with Gasteiger partial charge in [0, 0.05) is 19.0 Å². The molecule has 2 aromatic carbocycles. The molecule has 0 spiro atoms. The Balaban J connectivity index is 1.77. The van der Waals surface area contributed by atoms with E-state index in [4.69, 9.17) is 4.74 Å². The lowest BCUT2D eigenvalue weighted by Crippen LogP contribution is -2.37. The van der Waals surface area contributed by atoms with Gasteiger partial charge in [-0.05, 0) is 29.8 Å². The number of nitrogens with zero attached hydrogens (tertiary/aromatic N) is 1. The standard InChI is InChI=1S/C18H18N2O3/c1-13(21)19-12-14-6-8-15(9-7-14)18(22)20-10-11-23-17-5-3-2-4-16(17)20/h2-9H,10-12H2,1H3,(H,19,21). The van der Waals surface area contributed by atoms with Gasteiger partial charge in [0.1, 0.15) is 12.4 Å². The van der Waals surface area contributed by atoms with Gasteiger partial charge in [-0.25, -0.2) is 0 Å². The molecule has 5 nitrogen and oxygen atoms in total. The Hall–Kier alpha value is -2.82. The van der Waals surface area contributed by atoms with Gasteiger partial charge in [0.2, 0.25) is 5.91 Å². The third-order valence-corrected chi connectivity index (χ3v) is 3.72. The SMILES string of the molecule is CC(=O)NCc1ccc(C(=O)N2CCOc3ccccc32)cc1. The lowest BCUT2D eigenvalue weighted by Gasteiger charge is -2.29. The molecule has 0 radical (unpaired) electrons. The fraction of sp³-hybridized carbons (Fsp3) is 0.222. The van der Waals surface area contributed by atoms with Gasteiger partial charge in [-0.3, -0.25) is 9.59 Å². The van der Waals surface area contributed by atoms with Gasteiger partial charge in [0.25, 0.3) is 5.91 Å². The molecule has 2 amide bonds. The van der Waals surface area contributed by atoms with Crippen LogP contribution in [0.15, 0.2) is 48.5 Å². The number of para-hydroxylation sites is 2. The summed E-state index contributed by atoms with van der Waals surface area (Å²) in [6.45, 7) is 2.96. The molecule has 0 saturated heterocycles. The Bertz CT molecular complexity index is 725. The van der Waals surface area contributed by atoms with E-state index >= 15 is 0 Å². The summed E-state index contributed by atoms with van der Waals surface area (Å²) in [6, 6.07) is 14.8. The van der Waals surface area contributed by atoms with Crippen molar-refractivity contribution in [3.05, 3.63) is 59.7 Å². The van der Waals surface area contributed by atoms with Crippen molar-refractivity contribution in [1.29, 1.82) is 0 Å². The Morgan fingerprint density at radius 3 is 2.61 bits per heavy atom. The highest BCUT2D eigenvalue weighted by atomic mass is 16.5. The highest BCUT2D eigenvalue weighted by molar-refractivity contribution is 6.07. The van der Waals surface area contributed by atoms with E-state index in [2.05, 4.69) is 5.32 Å². The van der Waals surface area contributed by atoms with Crippen LogP contribution in [0, 0.1) is 0 Å². The molecule has 1 aliphatic heterocycles. The average Bonchev–Trinajstić information content (AvgIpc) is 2.59. The largest absolute Gasteiger partial charge is 0.490 e. The van der Waals surface area contributed by atoms with Gasteiger partial charge in [0.05, 0.1) is 12.2 Å². The van der Waals surface area contributed by atoms with E-state index in [9.17, 15) is 9.59 Å². The molecular weight excluding hydrogens is 292 g/mol. The molecule has 118 valence electrons. The van der Waals surface area contributed by atoms with Crippen LogP contribution in [0.2, 0.25) is 0 Å². The zero-order chi connectivity index (χ0) is 16.2. The van der Waals surface area contributed by atoms with Crippen molar-refractivity contribution in [3.63, 3.8) is 0 Å². The summed E-state index contributed by atoms with van der Waals surface area (Å²) in [6.07, 6.45) is 0. The Morgan fingerprint density at radius 1 is 1.13 bits per heavy atom. The van der Waals surface area contributed by atoms with Crippen molar-refractivity contribution in [3.8, 4) is 5.75 Å². The lowest BCUT2D eigenvalue weighted by molar-refractivity contribution is -0.119. The highest BCUT2D eigenvalue weighted by Gasteiger charge is 2.24. The van der Waals surface area contributed by atoms with Crippen LogP contribution < -0.4 is 15.0 Å². The van der Waals surface area contributed by atoms with Gasteiger partial charge in [0.15, 0.2) is 0 Å². The molecule has 3 rings (SSSR count). The molecule has 5 heteroatoms. The van der Waals surface area contributed by atoms with Crippen molar-refractivity contribution in [2.24, 2.45) is 0 Å². The van der Waals surface area contributed by atoms with E-state index in [1.807, 2.05) is 36.4 Å². The summed E-state index contributed by atoms with van der Waals surface area (Å²) in [4.78, 5) is 25.4. The number of ether oxygens (including phenoxy) is 1. The summed E-state index contributed by atoms with van der Waals surface area (Å²) >= 11 is 0. The molecule has 0 aromatic heterocycles. The summed E-state index contributed by atoms with van der Waals surface area (Å²) in [7, 11) is 0. The van der Waals surface area contributed by atoms with Crippen LogP contribution >= 0.6 is 0 Å². The summed E-state index contributed by atoms with van der Waals surface area (Å²) < 4.78 is 5.58. The highest BCUT2D eigenvalue weighted by Crippen LogP contribution is 2.31. The van der Waals surface area contributed by atoms with E-state index in [0.717, 1.165) is 17.0 Å². The molecule has 1 aliphatic rings. The number of hydrogen-bond donors (Lipinski definition) is 1. The summed E-state index contributed by atoms with van der Waals surface area (Å²) in [5.74, 6) is 0.608. The summed E-state index contributed by atoms with van der Waals surface area (Å²) in [5, 5.41) is 2.74. The number of rotatable bonds is 3. The normalized spacial score (nSPS) is 13.0. The zero-order valence-corrected chi connectivity index (χ0v) is 12.9. The fourth-order valence-corrected chi connectivity index (χ4v) is 2.53. The predicted molar refractivity (Wildman–Crippen MR) is 87.6 cm³/mol. The number of benzene rings is 2. The number of nitrogens with one attached hydrogen (secondary N) is 1. The van der Waals surface area contributed by atoms with E-state index in [1.165, 1.54) is 6.92 Å². The predicted octanol–water partition coefficient (Wildman–Crippen LogP) is 2.36. The zero-order valence-electron chi connectivity index (χ0n) is 12.9. The molecule has 0 fully saturated rings. The summed E-state index contributed by atoms with van der Waals surface area (Å²) in [5.41, 5.74) is 2.37. The molecule has 1 heterocycles. The first-order valence-corrected chi connectivity index (χ1v) is 7.52. The minimum atomic E-state index is -0.0740. The van der Waals surface area contributed by atoms with Gasteiger partial charge < -0.3 is 15.0 Å². The quantitative estimate of drug-likeness (QED) is 0.947. The number of carbonyl (C=O) groups is 2. The van der Waals surface area contributed by atoms with Crippen LogP contribution in [0.25, 0.3) is 0 Å². The van der Waals surface area contributed by atoms with Crippen LogP contribution in [0.5, 0.6) is 5.75 Å². The van der Waals surface area contributed by atoms with E-state index in [0.29, 0.717) is 25.3 Å². The molecule has 23 heavy (non-hydrogen) atoms. The number of amides is 2. The Kier molecular flexibility index (Phi) is 4.28. The maximum Gasteiger partial charge on any atom is 0.258 e. The van der Waals surface area contributed by atoms with Crippen molar-refractivity contribution in [2.75, 3.05) is 18.1 Å². The van der Waals surface area contributed by atoms with Crippen molar-refractivity contribution < 1.29 is 14.3 Å². The second-order valence-electron chi connectivity index (χ2n) is 5.38. The fourth-order valence-electron chi connectivity index (χ4n) is 2.53. The van der Waals surface area contributed by atoms with E-state index in [-0.39, 0.29) is 11.8 Å².